The van der Waals surface area contributed by atoms with Crippen molar-refractivity contribution >= 4 is 11.6 Å². The van der Waals surface area contributed by atoms with E-state index in [-0.39, 0.29) is 5.91 Å². The van der Waals surface area contributed by atoms with Crippen LogP contribution in [0, 0.1) is 0 Å². The second kappa shape index (κ2) is 8.83. The first-order valence-electron chi connectivity index (χ1n) is 8.01. The van der Waals surface area contributed by atoms with Crippen molar-refractivity contribution in [1.29, 1.82) is 0 Å². The molecule has 0 unspecified atom stereocenters. The van der Waals surface area contributed by atoms with E-state index < -0.39 is 0 Å². The monoisotopic (exact) mass is 313 g/mol. The van der Waals surface area contributed by atoms with Gasteiger partial charge in [-0.1, -0.05) is 37.6 Å². The van der Waals surface area contributed by atoms with Crippen LogP contribution < -0.4 is 14.8 Å². The highest BCUT2D eigenvalue weighted by molar-refractivity contribution is 6.06. The van der Waals surface area contributed by atoms with Crippen LogP contribution in [-0.2, 0) is 0 Å². The summed E-state index contributed by atoms with van der Waals surface area (Å²) in [6.45, 7) is 5.17. The summed E-state index contributed by atoms with van der Waals surface area (Å²) in [5, 5.41) is 2.90. The number of hydrogen-bond acceptors (Lipinski definition) is 3. The molecular formula is C19H23NO3. The molecule has 0 aliphatic rings. The normalized spacial score (nSPS) is 10.2. The molecular weight excluding hydrogens is 290 g/mol. The molecule has 2 aromatic rings. The summed E-state index contributed by atoms with van der Waals surface area (Å²) >= 11 is 0. The Bertz CT molecular complexity index is 640. The highest BCUT2D eigenvalue weighted by Crippen LogP contribution is 2.26. The minimum absolute atomic E-state index is 0.204. The molecule has 1 amide bonds. The molecule has 23 heavy (non-hydrogen) atoms. The molecule has 122 valence electrons. The van der Waals surface area contributed by atoms with Crippen molar-refractivity contribution in [3.8, 4) is 11.5 Å². The molecule has 4 nitrogen and oxygen atoms in total. The minimum atomic E-state index is -0.204. The van der Waals surface area contributed by atoms with Gasteiger partial charge in [0.2, 0.25) is 0 Å². The van der Waals surface area contributed by atoms with Crippen LogP contribution in [0.4, 0.5) is 5.69 Å². The molecule has 0 bridgehead atoms. The van der Waals surface area contributed by atoms with Crippen molar-refractivity contribution in [2.75, 3.05) is 18.5 Å². The van der Waals surface area contributed by atoms with Crippen molar-refractivity contribution in [3.63, 3.8) is 0 Å². The van der Waals surface area contributed by atoms with Crippen LogP contribution in [0.3, 0.4) is 0 Å². The van der Waals surface area contributed by atoms with Crippen molar-refractivity contribution in [2.45, 2.75) is 26.7 Å². The van der Waals surface area contributed by atoms with E-state index in [1.54, 1.807) is 6.07 Å². The van der Waals surface area contributed by atoms with Gasteiger partial charge < -0.3 is 14.8 Å². The summed E-state index contributed by atoms with van der Waals surface area (Å²) in [7, 11) is 0. The highest BCUT2D eigenvalue weighted by atomic mass is 16.5. The van der Waals surface area contributed by atoms with Crippen LogP contribution in [0.2, 0.25) is 0 Å². The van der Waals surface area contributed by atoms with Gasteiger partial charge >= 0.3 is 0 Å². The number of carbonyl (C=O) groups is 1. The predicted octanol–water partition coefficient (Wildman–Crippen LogP) is 4.52. The zero-order valence-corrected chi connectivity index (χ0v) is 13.7. The van der Waals surface area contributed by atoms with Gasteiger partial charge in [0.15, 0.2) is 0 Å². The number of amides is 1. The lowest BCUT2D eigenvalue weighted by molar-refractivity contribution is 0.102. The standard InChI is InChI=1S/C19H23NO3/c1-3-5-14-23-17-12-8-6-10-15(17)19(21)20-16-11-7-9-13-18(16)22-4-2/h6-13H,3-5,14H2,1-2H3,(H,20,21). The van der Waals surface area contributed by atoms with E-state index in [1.807, 2.05) is 49.4 Å². The Morgan fingerprint density at radius 2 is 1.65 bits per heavy atom. The van der Waals surface area contributed by atoms with E-state index >= 15 is 0 Å². The first-order chi connectivity index (χ1) is 11.3. The molecule has 0 aliphatic carbocycles. The molecule has 0 heterocycles. The number of anilines is 1. The number of benzene rings is 2. The maximum atomic E-state index is 12.6. The molecule has 0 saturated heterocycles. The van der Waals surface area contributed by atoms with E-state index in [4.69, 9.17) is 9.47 Å². The molecule has 0 aromatic heterocycles. The maximum absolute atomic E-state index is 12.6. The van der Waals surface area contributed by atoms with Gasteiger partial charge in [-0.2, -0.15) is 0 Å². The quantitative estimate of drug-likeness (QED) is 0.729. The fourth-order valence-electron chi connectivity index (χ4n) is 2.15. The Morgan fingerprint density at radius 1 is 0.957 bits per heavy atom. The van der Waals surface area contributed by atoms with Crippen LogP contribution in [0.15, 0.2) is 48.5 Å². The second-order valence-electron chi connectivity index (χ2n) is 5.08. The Labute approximate surface area is 137 Å². The van der Waals surface area contributed by atoms with E-state index in [2.05, 4.69) is 12.2 Å². The van der Waals surface area contributed by atoms with Gasteiger partial charge in [0.25, 0.3) is 5.91 Å². The van der Waals surface area contributed by atoms with Crippen molar-refractivity contribution in [1.82, 2.24) is 0 Å². The number of hydrogen-bond donors (Lipinski definition) is 1. The number of nitrogens with one attached hydrogen (secondary N) is 1. The van der Waals surface area contributed by atoms with E-state index in [0.29, 0.717) is 36.0 Å². The summed E-state index contributed by atoms with van der Waals surface area (Å²) in [5.41, 5.74) is 1.18. The molecule has 0 radical (unpaired) electrons. The topological polar surface area (TPSA) is 47.6 Å². The maximum Gasteiger partial charge on any atom is 0.259 e. The summed E-state index contributed by atoms with van der Waals surface area (Å²) < 4.78 is 11.3. The lowest BCUT2D eigenvalue weighted by atomic mass is 10.1. The predicted molar refractivity (Wildman–Crippen MR) is 92.4 cm³/mol. The molecule has 0 fully saturated rings. The van der Waals surface area contributed by atoms with Crippen molar-refractivity contribution in [2.24, 2.45) is 0 Å². The van der Waals surface area contributed by atoms with Gasteiger partial charge in [0, 0.05) is 0 Å². The highest BCUT2D eigenvalue weighted by Gasteiger charge is 2.14. The third kappa shape index (κ3) is 4.74. The Morgan fingerprint density at radius 3 is 2.39 bits per heavy atom. The molecule has 4 heteroatoms. The minimum Gasteiger partial charge on any atom is -0.493 e. The summed E-state index contributed by atoms with van der Waals surface area (Å²) in [6.07, 6.45) is 2.01. The SMILES string of the molecule is CCCCOc1ccccc1C(=O)Nc1ccccc1OCC. The summed E-state index contributed by atoms with van der Waals surface area (Å²) in [5.74, 6) is 1.06. The number of rotatable bonds is 8. The van der Waals surface area contributed by atoms with E-state index in [9.17, 15) is 4.79 Å². The van der Waals surface area contributed by atoms with Gasteiger partial charge in [-0.05, 0) is 37.6 Å². The van der Waals surface area contributed by atoms with Crippen LogP contribution in [0.1, 0.15) is 37.0 Å². The summed E-state index contributed by atoms with van der Waals surface area (Å²) in [4.78, 5) is 12.6. The van der Waals surface area contributed by atoms with Crippen LogP contribution >= 0.6 is 0 Å². The number of carbonyl (C=O) groups excluding carboxylic acids is 1. The average Bonchev–Trinajstić information content (AvgIpc) is 2.57. The fourth-order valence-corrected chi connectivity index (χ4v) is 2.15. The fraction of sp³-hybridized carbons (Fsp3) is 0.316. The summed E-state index contributed by atoms with van der Waals surface area (Å²) in [6, 6.07) is 14.7. The lowest BCUT2D eigenvalue weighted by Crippen LogP contribution is -2.14. The van der Waals surface area contributed by atoms with E-state index in [0.717, 1.165) is 12.8 Å². The smallest absolute Gasteiger partial charge is 0.259 e. The molecule has 2 rings (SSSR count). The number of para-hydroxylation sites is 3. The third-order valence-corrected chi connectivity index (χ3v) is 3.32. The van der Waals surface area contributed by atoms with Gasteiger partial charge in [-0.3, -0.25) is 4.79 Å². The molecule has 2 aromatic carbocycles. The third-order valence-electron chi connectivity index (χ3n) is 3.32. The molecule has 1 N–H and O–H groups in total. The number of ether oxygens (including phenoxy) is 2. The van der Waals surface area contributed by atoms with Crippen molar-refractivity contribution < 1.29 is 14.3 Å². The van der Waals surface area contributed by atoms with Crippen LogP contribution in [-0.4, -0.2) is 19.1 Å². The molecule has 0 atom stereocenters. The van der Waals surface area contributed by atoms with Gasteiger partial charge in [0.1, 0.15) is 11.5 Å². The average molecular weight is 313 g/mol. The first kappa shape index (κ1) is 16.9. The van der Waals surface area contributed by atoms with Gasteiger partial charge in [-0.25, -0.2) is 0 Å². The Hall–Kier alpha value is -2.49. The number of unbranched alkanes of at least 4 members (excludes halogenated alkanes) is 1. The molecule has 0 saturated carbocycles. The lowest BCUT2D eigenvalue weighted by Gasteiger charge is -2.13. The molecule has 0 spiro atoms. The zero-order valence-electron chi connectivity index (χ0n) is 13.7. The van der Waals surface area contributed by atoms with Crippen LogP contribution in [0.5, 0.6) is 11.5 Å². The molecule has 0 aliphatic heterocycles. The van der Waals surface area contributed by atoms with Crippen LogP contribution in [0.25, 0.3) is 0 Å². The first-order valence-corrected chi connectivity index (χ1v) is 8.01. The van der Waals surface area contributed by atoms with E-state index in [1.165, 1.54) is 0 Å². The van der Waals surface area contributed by atoms with Crippen molar-refractivity contribution in [3.05, 3.63) is 54.1 Å². The Kier molecular flexibility index (Phi) is 6.48. The zero-order chi connectivity index (χ0) is 16.5. The van der Waals surface area contributed by atoms with Gasteiger partial charge in [-0.15, -0.1) is 0 Å². The Balaban J connectivity index is 2.15. The second-order valence-corrected chi connectivity index (χ2v) is 5.08. The van der Waals surface area contributed by atoms with Gasteiger partial charge in [0.05, 0.1) is 24.5 Å². The largest absolute Gasteiger partial charge is 0.493 e.